The first-order valence-electron chi connectivity index (χ1n) is 9.89. The number of carbonyl (C=O) groups is 2. The van der Waals surface area contributed by atoms with Gasteiger partial charge in [0.2, 0.25) is 5.91 Å². The number of hydrogen-bond acceptors (Lipinski definition) is 3. The molecule has 0 radical (unpaired) electrons. The smallest absolute Gasteiger partial charge is 0.268 e. The maximum Gasteiger partial charge on any atom is 0.268 e. The van der Waals surface area contributed by atoms with Crippen LogP contribution in [-0.4, -0.2) is 17.7 Å². The Hall–Kier alpha value is -3.01. The molecule has 5 nitrogen and oxygen atoms in total. The second-order valence-electron chi connectivity index (χ2n) is 7.79. The molecule has 0 heterocycles. The Labute approximate surface area is 211 Å². The van der Waals surface area contributed by atoms with E-state index in [-0.39, 0.29) is 31.9 Å². The van der Waals surface area contributed by atoms with Gasteiger partial charge in [-0.2, -0.15) is 0 Å². The van der Waals surface area contributed by atoms with E-state index in [0.717, 1.165) is 18.2 Å². The van der Waals surface area contributed by atoms with Gasteiger partial charge in [-0.15, -0.1) is 0 Å². The third kappa shape index (κ3) is 4.89. The van der Waals surface area contributed by atoms with Gasteiger partial charge in [-0.25, -0.2) is 17.6 Å². The van der Waals surface area contributed by atoms with Gasteiger partial charge >= 0.3 is 0 Å². The Balaban J connectivity index is 1.52. The molecule has 1 fully saturated rings. The summed E-state index contributed by atoms with van der Waals surface area (Å²) in [5.74, 6) is -10.5. The van der Waals surface area contributed by atoms with E-state index in [1.54, 1.807) is 0 Å². The molecule has 1 saturated carbocycles. The molecule has 1 aliphatic carbocycles. The highest BCUT2D eigenvalue weighted by molar-refractivity contribution is 6.35. The molecular weight excluding hydrogens is 533 g/mol. The number of alkyl halides is 2. The van der Waals surface area contributed by atoms with Crippen LogP contribution < -0.4 is 16.4 Å². The van der Waals surface area contributed by atoms with Crippen LogP contribution in [0.15, 0.2) is 48.5 Å². The Morgan fingerprint density at radius 2 is 1.57 bits per heavy atom. The number of rotatable bonds is 5. The topological polar surface area (TPSA) is 84.2 Å². The zero-order valence-electron chi connectivity index (χ0n) is 17.3. The monoisotopic (exact) mass is 545 g/mol. The summed E-state index contributed by atoms with van der Waals surface area (Å²) >= 11 is 17.8. The molecule has 0 unspecified atom stereocenters. The minimum Gasteiger partial charge on any atom is -0.394 e. The van der Waals surface area contributed by atoms with Crippen LogP contribution in [0.5, 0.6) is 0 Å². The molecule has 4 N–H and O–H groups in total. The largest absolute Gasteiger partial charge is 0.394 e. The average molecular weight is 547 g/mol. The zero-order valence-corrected chi connectivity index (χ0v) is 19.6. The minimum atomic E-state index is -3.34. The molecule has 1 aliphatic rings. The lowest BCUT2D eigenvalue weighted by molar-refractivity contribution is -0.119. The van der Waals surface area contributed by atoms with E-state index in [1.165, 1.54) is 30.3 Å². The number of carbonyl (C=O) groups excluding carboxylic acids is 2. The molecule has 2 atom stereocenters. The van der Waals surface area contributed by atoms with Crippen molar-refractivity contribution >= 4 is 63.7 Å². The summed E-state index contributed by atoms with van der Waals surface area (Å²) in [5.41, 5.74) is 4.01. The van der Waals surface area contributed by atoms with Gasteiger partial charge in [0, 0.05) is 15.7 Å². The maximum atomic E-state index is 14.5. The molecule has 0 aromatic heterocycles. The van der Waals surface area contributed by atoms with Crippen LogP contribution in [0.1, 0.15) is 21.8 Å². The van der Waals surface area contributed by atoms with Crippen LogP contribution in [0.4, 0.5) is 34.6 Å². The molecule has 3 aromatic rings. The van der Waals surface area contributed by atoms with E-state index >= 15 is 0 Å². The maximum absolute atomic E-state index is 14.5. The first kappa shape index (κ1) is 25.1. The summed E-state index contributed by atoms with van der Waals surface area (Å²) in [6.07, 6.45) is 0. The van der Waals surface area contributed by atoms with Gasteiger partial charge in [-0.05, 0) is 54.1 Å². The number of hydrogen-bond donors (Lipinski definition) is 3. The Morgan fingerprint density at radius 1 is 0.914 bits per heavy atom. The van der Waals surface area contributed by atoms with E-state index in [1.807, 2.05) is 0 Å². The first-order valence-corrected chi connectivity index (χ1v) is 11.0. The van der Waals surface area contributed by atoms with Crippen LogP contribution in [0.2, 0.25) is 15.1 Å². The van der Waals surface area contributed by atoms with Crippen LogP contribution in [0.25, 0.3) is 0 Å². The molecule has 3 aromatic carbocycles. The van der Waals surface area contributed by atoms with E-state index in [9.17, 15) is 27.2 Å². The van der Waals surface area contributed by atoms with Crippen molar-refractivity contribution in [2.75, 3.05) is 16.4 Å². The lowest BCUT2D eigenvalue weighted by atomic mass is 10.1. The molecule has 2 amide bonds. The lowest BCUT2D eigenvalue weighted by Crippen LogP contribution is -2.19. The normalized spacial score (nSPS) is 18.1. The second kappa shape index (κ2) is 9.22. The Morgan fingerprint density at radius 3 is 2.23 bits per heavy atom. The molecule has 35 heavy (non-hydrogen) atoms. The second-order valence-corrected chi connectivity index (χ2v) is 9.07. The van der Waals surface area contributed by atoms with Crippen LogP contribution in [0.3, 0.4) is 0 Å². The van der Waals surface area contributed by atoms with Crippen molar-refractivity contribution in [3.05, 3.63) is 86.4 Å². The van der Waals surface area contributed by atoms with Crippen molar-refractivity contribution in [3.8, 4) is 0 Å². The van der Waals surface area contributed by atoms with E-state index < -0.39 is 52.6 Å². The highest BCUT2D eigenvalue weighted by Gasteiger charge is 2.72. The summed E-state index contributed by atoms with van der Waals surface area (Å²) in [6, 6.07) is 9.53. The fourth-order valence-corrected chi connectivity index (χ4v) is 4.42. The predicted molar refractivity (Wildman–Crippen MR) is 126 cm³/mol. The number of amides is 2. The van der Waals surface area contributed by atoms with Gasteiger partial charge < -0.3 is 16.4 Å². The SMILES string of the molecule is Nc1c(F)ccc(NC(=O)c2cc(NC(=O)[C@H]3[C@H](c4cc(Cl)cc(Cl)c4)C3(F)F)ccc2Cl)c1F. The highest BCUT2D eigenvalue weighted by Crippen LogP contribution is 2.62. The van der Waals surface area contributed by atoms with Gasteiger partial charge in [0.1, 0.15) is 17.4 Å². The van der Waals surface area contributed by atoms with Crippen molar-refractivity contribution < 1.29 is 27.2 Å². The van der Waals surface area contributed by atoms with Crippen molar-refractivity contribution in [2.24, 2.45) is 5.92 Å². The van der Waals surface area contributed by atoms with E-state index in [2.05, 4.69) is 10.6 Å². The Bertz CT molecular complexity index is 1350. The zero-order chi connectivity index (χ0) is 25.7. The number of nitrogen functional groups attached to an aromatic ring is 1. The van der Waals surface area contributed by atoms with Crippen LogP contribution >= 0.6 is 34.8 Å². The van der Waals surface area contributed by atoms with Gasteiger partial charge in [-0.1, -0.05) is 34.8 Å². The van der Waals surface area contributed by atoms with Gasteiger partial charge in [0.05, 0.1) is 22.2 Å². The van der Waals surface area contributed by atoms with Gasteiger partial charge in [0.15, 0.2) is 5.82 Å². The average Bonchev–Trinajstić information content (AvgIpc) is 3.36. The number of nitrogens with two attached hydrogens (primary N) is 1. The number of benzene rings is 3. The highest BCUT2D eigenvalue weighted by atomic mass is 35.5. The molecule has 12 heteroatoms. The summed E-state index contributed by atoms with van der Waals surface area (Å²) in [7, 11) is 0. The third-order valence-corrected chi connectivity index (χ3v) is 6.20. The minimum absolute atomic E-state index is 0.00535. The molecule has 0 bridgehead atoms. The summed E-state index contributed by atoms with van der Waals surface area (Å²) in [4.78, 5) is 25.2. The van der Waals surface area contributed by atoms with E-state index in [0.29, 0.717) is 0 Å². The quantitative estimate of drug-likeness (QED) is 0.245. The standard InChI is InChI=1S/C23H14Cl3F4N3O2/c24-10-5-9(6-11(25)7-10)17-18(23(17,29)30)22(35)32-12-1-2-14(26)13(8-12)21(34)33-16-4-3-15(27)20(31)19(16)28/h1-8,17-18H,31H2,(H,32,35)(H,33,34)/t17-,18+/m0/s1. The lowest BCUT2D eigenvalue weighted by Gasteiger charge is -2.11. The molecular formula is C23H14Cl3F4N3O2. The van der Waals surface area contributed by atoms with E-state index in [4.69, 9.17) is 40.5 Å². The summed E-state index contributed by atoms with van der Waals surface area (Å²) in [5, 5.41) is 4.78. The fraction of sp³-hybridized carbons (Fsp3) is 0.130. The first-order chi connectivity index (χ1) is 16.4. The molecule has 4 rings (SSSR count). The molecule has 0 spiro atoms. The van der Waals surface area contributed by atoms with Crippen molar-refractivity contribution in [2.45, 2.75) is 11.8 Å². The van der Waals surface area contributed by atoms with Gasteiger partial charge in [-0.3, -0.25) is 9.59 Å². The van der Waals surface area contributed by atoms with Crippen LogP contribution in [-0.2, 0) is 4.79 Å². The number of anilines is 3. The number of halogens is 7. The van der Waals surface area contributed by atoms with Crippen molar-refractivity contribution in [1.82, 2.24) is 0 Å². The van der Waals surface area contributed by atoms with Crippen LogP contribution in [0, 0.1) is 17.6 Å². The Kier molecular flexibility index (Phi) is 6.61. The summed E-state index contributed by atoms with van der Waals surface area (Å²) < 4.78 is 56.4. The summed E-state index contributed by atoms with van der Waals surface area (Å²) in [6.45, 7) is 0. The third-order valence-electron chi connectivity index (χ3n) is 5.43. The van der Waals surface area contributed by atoms with Crippen molar-refractivity contribution in [3.63, 3.8) is 0 Å². The number of nitrogens with one attached hydrogen (secondary N) is 2. The van der Waals surface area contributed by atoms with Crippen molar-refractivity contribution in [1.29, 1.82) is 0 Å². The molecule has 0 saturated heterocycles. The fourth-order valence-electron chi connectivity index (χ4n) is 3.68. The van der Waals surface area contributed by atoms with Gasteiger partial charge in [0.25, 0.3) is 11.8 Å². The molecule has 0 aliphatic heterocycles. The predicted octanol–water partition coefficient (Wildman–Crippen LogP) is 6.75. The molecule has 182 valence electrons.